The van der Waals surface area contributed by atoms with E-state index in [0.29, 0.717) is 0 Å². The van der Waals surface area contributed by atoms with Crippen LogP contribution in [0.4, 0.5) is 5.00 Å². The Balaban J connectivity index is 2.72. The molecule has 13 heavy (non-hydrogen) atoms. The first-order valence-corrected chi connectivity index (χ1v) is 4.82. The smallest absolute Gasteiger partial charge is 0.277 e. The number of carbonyl (C=O) groups is 1. The molecule has 0 unspecified atom stereocenters. The molecule has 0 bridgehead atoms. The van der Waals surface area contributed by atoms with Gasteiger partial charge >= 0.3 is 0 Å². The average Bonchev–Trinajstić information content (AvgIpc) is 2.48. The average molecular weight is 194 g/mol. The topological polar surface area (TPSA) is 44.2 Å². The van der Waals surface area contributed by atoms with E-state index in [9.17, 15) is 4.79 Å². The van der Waals surface area contributed by atoms with Gasteiger partial charge in [-0.1, -0.05) is 0 Å². The van der Waals surface area contributed by atoms with E-state index in [1.54, 1.807) is 23.3 Å². The van der Waals surface area contributed by atoms with Gasteiger partial charge in [0.1, 0.15) is 10.7 Å². The molecule has 4 heteroatoms. The van der Waals surface area contributed by atoms with Gasteiger partial charge < -0.3 is 4.90 Å². The molecule has 0 aliphatic carbocycles. The predicted octanol–water partition coefficient (Wildman–Crippen LogP) is 1.71. The van der Waals surface area contributed by atoms with Crippen molar-refractivity contribution in [1.82, 2.24) is 0 Å². The van der Waals surface area contributed by atoms with Gasteiger partial charge in [0.25, 0.3) is 5.91 Å². The normalized spacial score (nSPS) is 15.5. The van der Waals surface area contributed by atoms with Gasteiger partial charge in [-0.2, -0.15) is 0 Å². The van der Waals surface area contributed by atoms with Crippen molar-refractivity contribution in [3.05, 3.63) is 16.0 Å². The van der Waals surface area contributed by atoms with Crippen LogP contribution in [0, 0.1) is 19.3 Å². The SMILES string of the molecule is Cc1sc2c(c1C)C(=N)C(=O)N2C. The maximum Gasteiger partial charge on any atom is 0.277 e. The lowest BCUT2D eigenvalue weighted by Gasteiger charge is -2.05. The van der Waals surface area contributed by atoms with Gasteiger partial charge in [-0.25, -0.2) is 0 Å². The van der Waals surface area contributed by atoms with Gasteiger partial charge in [0.15, 0.2) is 0 Å². The fourth-order valence-corrected chi connectivity index (χ4v) is 2.63. The van der Waals surface area contributed by atoms with E-state index < -0.39 is 0 Å². The summed E-state index contributed by atoms with van der Waals surface area (Å²) in [5.74, 6) is -0.190. The number of thiophene rings is 1. The third-order valence-corrected chi connectivity index (χ3v) is 3.72. The van der Waals surface area contributed by atoms with Crippen LogP contribution >= 0.6 is 11.3 Å². The molecule has 2 rings (SSSR count). The zero-order chi connectivity index (χ0) is 9.75. The lowest BCUT2D eigenvalue weighted by Crippen LogP contribution is -2.25. The maximum atomic E-state index is 11.4. The van der Waals surface area contributed by atoms with Crippen LogP contribution in [0.25, 0.3) is 0 Å². The number of nitrogens with zero attached hydrogens (tertiary/aromatic N) is 1. The third kappa shape index (κ3) is 0.891. The van der Waals surface area contributed by atoms with Crippen LogP contribution in [-0.4, -0.2) is 18.7 Å². The minimum absolute atomic E-state index is 0.138. The Morgan fingerprint density at radius 1 is 1.38 bits per heavy atom. The molecular weight excluding hydrogens is 184 g/mol. The second-order valence-corrected chi connectivity index (χ2v) is 4.41. The van der Waals surface area contributed by atoms with Crippen molar-refractivity contribution in [2.45, 2.75) is 13.8 Å². The Hall–Kier alpha value is -1.16. The summed E-state index contributed by atoms with van der Waals surface area (Å²) >= 11 is 1.58. The van der Waals surface area contributed by atoms with Crippen molar-refractivity contribution in [3.8, 4) is 0 Å². The van der Waals surface area contributed by atoms with Crippen LogP contribution < -0.4 is 4.90 Å². The van der Waals surface area contributed by atoms with Crippen molar-refractivity contribution < 1.29 is 4.79 Å². The van der Waals surface area contributed by atoms with Crippen LogP contribution in [0.5, 0.6) is 0 Å². The molecule has 0 spiro atoms. The molecule has 1 aliphatic heterocycles. The van der Waals surface area contributed by atoms with Crippen molar-refractivity contribution in [2.75, 3.05) is 11.9 Å². The van der Waals surface area contributed by atoms with Gasteiger partial charge in [-0.05, 0) is 19.4 Å². The van der Waals surface area contributed by atoms with Gasteiger partial charge in [-0.3, -0.25) is 10.2 Å². The van der Waals surface area contributed by atoms with Crippen LogP contribution in [0.2, 0.25) is 0 Å². The Morgan fingerprint density at radius 2 is 2.00 bits per heavy atom. The molecule has 2 heterocycles. The van der Waals surface area contributed by atoms with Crippen molar-refractivity contribution in [1.29, 1.82) is 5.41 Å². The van der Waals surface area contributed by atoms with Gasteiger partial charge in [-0.15, -0.1) is 11.3 Å². The fourth-order valence-electron chi connectivity index (χ4n) is 1.51. The minimum atomic E-state index is -0.190. The van der Waals surface area contributed by atoms with Gasteiger partial charge in [0, 0.05) is 17.5 Å². The molecule has 1 amide bonds. The van der Waals surface area contributed by atoms with Crippen molar-refractivity contribution in [3.63, 3.8) is 0 Å². The number of anilines is 1. The molecule has 3 nitrogen and oxygen atoms in total. The Bertz CT molecular complexity index is 419. The highest BCUT2D eigenvalue weighted by atomic mass is 32.1. The molecule has 0 fully saturated rings. The summed E-state index contributed by atoms with van der Waals surface area (Å²) in [6, 6.07) is 0. The second kappa shape index (κ2) is 2.42. The van der Waals surface area contributed by atoms with E-state index in [1.807, 2.05) is 13.8 Å². The summed E-state index contributed by atoms with van der Waals surface area (Å²) in [6.45, 7) is 3.98. The van der Waals surface area contributed by atoms with E-state index in [0.717, 1.165) is 16.1 Å². The monoisotopic (exact) mass is 194 g/mol. The molecule has 0 saturated heterocycles. The number of aryl methyl sites for hydroxylation is 1. The van der Waals surface area contributed by atoms with Gasteiger partial charge in [0.2, 0.25) is 0 Å². The minimum Gasteiger partial charge on any atom is -0.301 e. The largest absolute Gasteiger partial charge is 0.301 e. The number of likely N-dealkylation sites (N-methyl/N-ethyl adjacent to an activating group) is 1. The number of hydrogen-bond donors (Lipinski definition) is 1. The Kier molecular flexibility index (Phi) is 1.57. The van der Waals surface area contributed by atoms with E-state index in [-0.39, 0.29) is 11.6 Å². The molecule has 1 N–H and O–H groups in total. The lowest BCUT2D eigenvalue weighted by atomic mass is 10.1. The van der Waals surface area contributed by atoms with Gasteiger partial charge in [0.05, 0.1) is 0 Å². The standard InChI is InChI=1S/C9H10N2OS/c1-4-5(2)13-9-6(4)7(10)8(12)11(9)3/h10H,1-3H3. The van der Waals surface area contributed by atoms with E-state index in [1.165, 1.54) is 4.88 Å². The van der Waals surface area contributed by atoms with Crippen molar-refractivity contribution >= 4 is 28.0 Å². The number of hydrogen-bond acceptors (Lipinski definition) is 3. The van der Waals surface area contributed by atoms with Crippen LogP contribution in [0.15, 0.2) is 0 Å². The first kappa shape index (κ1) is 8.44. The lowest BCUT2D eigenvalue weighted by molar-refractivity contribution is -0.112. The quantitative estimate of drug-likeness (QED) is 0.671. The summed E-state index contributed by atoms with van der Waals surface area (Å²) in [7, 11) is 1.72. The maximum absolute atomic E-state index is 11.4. The first-order valence-electron chi connectivity index (χ1n) is 4.01. The highest BCUT2D eigenvalue weighted by Gasteiger charge is 2.34. The molecule has 0 saturated carbocycles. The number of carbonyl (C=O) groups excluding carboxylic acids is 1. The molecular formula is C9H10N2OS. The zero-order valence-electron chi connectivity index (χ0n) is 7.76. The highest BCUT2D eigenvalue weighted by molar-refractivity contribution is 7.17. The van der Waals surface area contributed by atoms with E-state index >= 15 is 0 Å². The number of amides is 1. The predicted molar refractivity (Wildman–Crippen MR) is 54.0 cm³/mol. The molecule has 68 valence electrons. The molecule has 1 aliphatic rings. The van der Waals surface area contributed by atoms with Crippen LogP contribution in [0.1, 0.15) is 16.0 Å². The zero-order valence-corrected chi connectivity index (χ0v) is 8.58. The van der Waals surface area contributed by atoms with Crippen molar-refractivity contribution in [2.24, 2.45) is 0 Å². The number of rotatable bonds is 0. The number of nitrogens with one attached hydrogen (secondary N) is 1. The fraction of sp³-hybridized carbons (Fsp3) is 0.333. The molecule has 0 radical (unpaired) electrons. The molecule has 0 aromatic carbocycles. The third-order valence-electron chi connectivity index (χ3n) is 2.44. The summed E-state index contributed by atoms with van der Waals surface area (Å²) in [6.07, 6.45) is 0. The summed E-state index contributed by atoms with van der Waals surface area (Å²) in [5.41, 5.74) is 2.04. The Labute approximate surface area is 80.5 Å². The molecule has 1 aromatic heterocycles. The van der Waals surface area contributed by atoms with Crippen LogP contribution in [0.3, 0.4) is 0 Å². The van der Waals surface area contributed by atoms with Crippen LogP contribution in [-0.2, 0) is 4.79 Å². The summed E-state index contributed by atoms with van der Waals surface area (Å²) in [5, 5.41) is 8.56. The first-order chi connectivity index (χ1) is 6.04. The molecule has 0 atom stereocenters. The van der Waals surface area contributed by atoms with E-state index in [2.05, 4.69) is 0 Å². The summed E-state index contributed by atoms with van der Waals surface area (Å²) < 4.78 is 0. The Morgan fingerprint density at radius 3 is 2.54 bits per heavy atom. The molecule has 1 aromatic rings. The highest BCUT2D eigenvalue weighted by Crippen LogP contribution is 2.39. The number of fused-ring (bicyclic) bond motifs is 1. The second-order valence-electron chi connectivity index (χ2n) is 3.20. The summed E-state index contributed by atoms with van der Waals surface area (Å²) in [4.78, 5) is 14.1. The van der Waals surface area contributed by atoms with E-state index in [4.69, 9.17) is 5.41 Å².